The second kappa shape index (κ2) is 9.12. The maximum atomic E-state index is 13.3. The fourth-order valence-electron chi connectivity index (χ4n) is 4.02. The van der Waals surface area contributed by atoms with Gasteiger partial charge in [-0.1, -0.05) is 60.1 Å². The number of anilines is 1. The van der Waals surface area contributed by atoms with Crippen molar-refractivity contribution in [1.29, 1.82) is 0 Å². The Hall–Kier alpha value is -3.57. The molecule has 1 aliphatic rings. The number of aliphatic hydroxyl groups is 1. The first-order chi connectivity index (χ1) is 15.8. The Labute approximate surface area is 197 Å². The number of hydrogen-bond donors (Lipinski definition) is 1. The summed E-state index contributed by atoms with van der Waals surface area (Å²) in [7, 11) is 0. The third-order valence-corrected chi connectivity index (χ3v) is 5.70. The van der Waals surface area contributed by atoms with Gasteiger partial charge in [0.25, 0.3) is 11.7 Å². The van der Waals surface area contributed by atoms with Gasteiger partial charge in [-0.25, -0.2) is 0 Å². The molecule has 4 rings (SSSR count). The first-order valence-corrected chi connectivity index (χ1v) is 11.0. The first-order valence-electron chi connectivity index (χ1n) is 10.7. The number of benzene rings is 3. The zero-order valence-corrected chi connectivity index (χ0v) is 19.3. The van der Waals surface area contributed by atoms with Gasteiger partial charge in [-0.3, -0.25) is 14.5 Å². The SMILES string of the molecule is Cc1ccc(Cl)cc1N1C(=O)C(=O)/C(=C(/O)c2cccc(OC(C)C)c2)C1c1ccccc1. The van der Waals surface area contributed by atoms with Gasteiger partial charge in [0.05, 0.1) is 17.7 Å². The molecule has 1 saturated heterocycles. The molecule has 5 nitrogen and oxygen atoms in total. The smallest absolute Gasteiger partial charge is 0.300 e. The van der Waals surface area contributed by atoms with Crippen LogP contribution in [0.2, 0.25) is 5.02 Å². The van der Waals surface area contributed by atoms with Crippen molar-refractivity contribution in [3.05, 3.63) is 100 Å². The summed E-state index contributed by atoms with van der Waals surface area (Å²) in [4.78, 5) is 28.0. The molecule has 3 aromatic rings. The van der Waals surface area contributed by atoms with E-state index in [9.17, 15) is 14.7 Å². The molecule has 0 bridgehead atoms. The van der Waals surface area contributed by atoms with E-state index < -0.39 is 17.7 Å². The van der Waals surface area contributed by atoms with Crippen LogP contribution in [0, 0.1) is 6.92 Å². The van der Waals surface area contributed by atoms with E-state index in [0.717, 1.165) is 5.56 Å². The summed E-state index contributed by atoms with van der Waals surface area (Å²) in [6, 6.07) is 20.4. The number of carbonyl (C=O) groups is 2. The number of hydrogen-bond acceptors (Lipinski definition) is 4. The summed E-state index contributed by atoms with van der Waals surface area (Å²) in [5.74, 6) is -1.16. The summed E-state index contributed by atoms with van der Waals surface area (Å²) >= 11 is 6.23. The van der Waals surface area contributed by atoms with E-state index in [1.54, 1.807) is 42.5 Å². The second-order valence-electron chi connectivity index (χ2n) is 8.21. The van der Waals surface area contributed by atoms with Gasteiger partial charge in [0.2, 0.25) is 0 Å². The van der Waals surface area contributed by atoms with Crippen LogP contribution < -0.4 is 9.64 Å². The minimum absolute atomic E-state index is 0.0206. The summed E-state index contributed by atoms with van der Waals surface area (Å²) in [6.45, 7) is 5.65. The number of amides is 1. The van der Waals surface area contributed by atoms with Crippen LogP contribution in [0.3, 0.4) is 0 Å². The van der Waals surface area contributed by atoms with Crippen molar-refractivity contribution in [3.8, 4) is 5.75 Å². The van der Waals surface area contributed by atoms with Crippen LogP contribution in [0.4, 0.5) is 5.69 Å². The molecule has 1 atom stereocenters. The summed E-state index contributed by atoms with van der Waals surface area (Å²) in [6.07, 6.45) is -0.0527. The van der Waals surface area contributed by atoms with Crippen molar-refractivity contribution in [2.24, 2.45) is 0 Å². The van der Waals surface area contributed by atoms with Gasteiger partial charge < -0.3 is 9.84 Å². The Morgan fingerprint density at radius 3 is 2.42 bits per heavy atom. The maximum Gasteiger partial charge on any atom is 0.300 e. The lowest BCUT2D eigenvalue weighted by Gasteiger charge is -2.27. The monoisotopic (exact) mass is 461 g/mol. The number of aryl methyl sites for hydroxylation is 1. The highest BCUT2D eigenvalue weighted by atomic mass is 35.5. The van der Waals surface area contributed by atoms with E-state index in [1.807, 2.05) is 51.1 Å². The average Bonchev–Trinajstić information content (AvgIpc) is 3.06. The highest BCUT2D eigenvalue weighted by molar-refractivity contribution is 6.52. The lowest BCUT2D eigenvalue weighted by atomic mass is 9.95. The zero-order valence-electron chi connectivity index (χ0n) is 18.6. The second-order valence-corrected chi connectivity index (χ2v) is 8.64. The van der Waals surface area contributed by atoms with Gasteiger partial charge >= 0.3 is 0 Å². The van der Waals surface area contributed by atoms with Crippen LogP contribution in [0.15, 0.2) is 78.4 Å². The van der Waals surface area contributed by atoms with Gasteiger partial charge in [0.15, 0.2) is 0 Å². The number of nitrogens with zero attached hydrogens (tertiary/aromatic N) is 1. The minimum Gasteiger partial charge on any atom is -0.507 e. The van der Waals surface area contributed by atoms with Crippen LogP contribution in [0.1, 0.15) is 36.6 Å². The molecule has 0 aliphatic carbocycles. The number of ether oxygens (including phenoxy) is 1. The Balaban J connectivity index is 1.93. The predicted octanol–water partition coefficient (Wildman–Crippen LogP) is 6.06. The molecule has 1 aliphatic heterocycles. The van der Waals surface area contributed by atoms with E-state index in [1.165, 1.54) is 4.90 Å². The molecule has 33 heavy (non-hydrogen) atoms. The normalized spacial score (nSPS) is 17.6. The van der Waals surface area contributed by atoms with Gasteiger partial charge in [-0.2, -0.15) is 0 Å². The summed E-state index contributed by atoms with van der Waals surface area (Å²) < 4.78 is 5.74. The molecule has 1 heterocycles. The number of Topliss-reactive ketones (excluding diaryl/α,β-unsaturated/α-hetero) is 1. The molecule has 3 aromatic carbocycles. The van der Waals surface area contributed by atoms with Crippen LogP contribution in [-0.2, 0) is 9.59 Å². The topological polar surface area (TPSA) is 66.8 Å². The van der Waals surface area contributed by atoms with E-state index >= 15 is 0 Å². The lowest BCUT2D eigenvalue weighted by Crippen LogP contribution is -2.30. The van der Waals surface area contributed by atoms with Gasteiger partial charge in [0, 0.05) is 16.3 Å². The van der Waals surface area contributed by atoms with Crippen LogP contribution >= 0.6 is 11.6 Å². The molecule has 1 fully saturated rings. The van der Waals surface area contributed by atoms with Crippen molar-refractivity contribution >= 4 is 34.7 Å². The quantitative estimate of drug-likeness (QED) is 0.285. The average molecular weight is 462 g/mol. The molecule has 6 heteroatoms. The largest absolute Gasteiger partial charge is 0.507 e. The van der Waals surface area contributed by atoms with Crippen LogP contribution in [0.5, 0.6) is 5.75 Å². The van der Waals surface area contributed by atoms with Crippen molar-refractivity contribution in [3.63, 3.8) is 0 Å². The first kappa shape index (κ1) is 22.6. The summed E-state index contributed by atoms with van der Waals surface area (Å²) in [5, 5.41) is 11.7. The molecule has 1 unspecified atom stereocenters. The standard InChI is InChI=1S/C27H24ClNO4/c1-16(2)33-21-11-7-10-19(14-21)25(30)23-24(18-8-5-4-6-9-18)29(27(32)26(23)31)22-15-20(28)13-12-17(22)3/h4-16,24,30H,1-3H3/b25-23+. The molecule has 0 saturated carbocycles. The Morgan fingerprint density at radius 2 is 1.73 bits per heavy atom. The molecular formula is C27H24ClNO4. The van der Waals surface area contributed by atoms with E-state index in [-0.39, 0.29) is 17.4 Å². The zero-order chi connectivity index (χ0) is 23.7. The highest BCUT2D eigenvalue weighted by Gasteiger charge is 2.47. The van der Waals surface area contributed by atoms with Gasteiger partial charge in [-0.05, 0) is 56.2 Å². The maximum absolute atomic E-state index is 13.3. The third-order valence-electron chi connectivity index (χ3n) is 5.47. The predicted molar refractivity (Wildman–Crippen MR) is 130 cm³/mol. The van der Waals surface area contributed by atoms with Crippen molar-refractivity contribution in [2.75, 3.05) is 4.90 Å². The molecule has 0 spiro atoms. The Morgan fingerprint density at radius 1 is 1.00 bits per heavy atom. The van der Waals surface area contributed by atoms with Crippen molar-refractivity contribution < 1.29 is 19.4 Å². The van der Waals surface area contributed by atoms with Crippen molar-refractivity contribution in [1.82, 2.24) is 0 Å². The number of rotatable bonds is 5. The minimum atomic E-state index is -0.807. The third kappa shape index (κ3) is 4.37. The van der Waals surface area contributed by atoms with E-state index in [2.05, 4.69) is 0 Å². The fourth-order valence-corrected chi connectivity index (χ4v) is 4.18. The van der Waals surface area contributed by atoms with E-state index in [4.69, 9.17) is 16.3 Å². The van der Waals surface area contributed by atoms with Gasteiger partial charge in [-0.15, -0.1) is 0 Å². The van der Waals surface area contributed by atoms with Crippen LogP contribution in [-0.4, -0.2) is 22.9 Å². The Kier molecular flexibility index (Phi) is 6.25. The molecule has 0 radical (unpaired) electrons. The fraction of sp³-hybridized carbons (Fsp3) is 0.185. The van der Waals surface area contributed by atoms with Crippen LogP contribution in [0.25, 0.3) is 5.76 Å². The van der Waals surface area contributed by atoms with Crippen molar-refractivity contribution in [2.45, 2.75) is 32.9 Å². The molecular weight excluding hydrogens is 438 g/mol. The van der Waals surface area contributed by atoms with Gasteiger partial charge in [0.1, 0.15) is 11.5 Å². The number of halogens is 1. The molecule has 168 valence electrons. The lowest BCUT2D eigenvalue weighted by molar-refractivity contribution is -0.132. The highest BCUT2D eigenvalue weighted by Crippen LogP contribution is 2.43. The molecule has 1 amide bonds. The molecule has 0 aromatic heterocycles. The number of aliphatic hydroxyl groups excluding tert-OH is 1. The van der Waals surface area contributed by atoms with E-state index in [0.29, 0.717) is 27.6 Å². The Bertz CT molecular complexity index is 1250. The number of ketones is 1. The number of carbonyl (C=O) groups excluding carboxylic acids is 2. The summed E-state index contributed by atoms with van der Waals surface area (Å²) in [5.41, 5.74) is 2.43. The molecule has 1 N–H and O–H groups in total.